The van der Waals surface area contributed by atoms with Crippen LogP contribution in [0.5, 0.6) is 0 Å². The van der Waals surface area contributed by atoms with Gasteiger partial charge < -0.3 is 4.74 Å². The number of rotatable bonds is 2. The highest BCUT2D eigenvalue weighted by Crippen LogP contribution is 2.39. The van der Waals surface area contributed by atoms with Crippen LogP contribution in [0.3, 0.4) is 0 Å². The molecule has 0 saturated heterocycles. The van der Waals surface area contributed by atoms with Crippen molar-refractivity contribution in [3.63, 3.8) is 0 Å². The van der Waals surface area contributed by atoms with E-state index >= 15 is 0 Å². The molecule has 1 aliphatic heterocycles. The molecular formula is C20H19NO. The fourth-order valence-electron chi connectivity index (χ4n) is 2.93. The highest BCUT2D eigenvalue weighted by molar-refractivity contribution is 5.68. The van der Waals surface area contributed by atoms with Crippen LogP contribution >= 0.6 is 0 Å². The Morgan fingerprint density at radius 2 is 1.73 bits per heavy atom. The third-order valence-corrected chi connectivity index (χ3v) is 3.93. The van der Waals surface area contributed by atoms with E-state index in [0.29, 0.717) is 5.56 Å². The lowest BCUT2D eigenvalue weighted by Crippen LogP contribution is -2.28. The number of benzene rings is 2. The number of ether oxygens (including phenoxy) is 1. The van der Waals surface area contributed by atoms with Gasteiger partial charge >= 0.3 is 0 Å². The summed E-state index contributed by atoms with van der Waals surface area (Å²) < 4.78 is 6.23. The molecule has 110 valence electrons. The van der Waals surface area contributed by atoms with Gasteiger partial charge in [-0.25, -0.2) is 0 Å². The first kappa shape index (κ1) is 14.6. The van der Waals surface area contributed by atoms with Crippen molar-refractivity contribution in [3.05, 3.63) is 77.4 Å². The zero-order valence-corrected chi connectivity index (χ0v) is 12.9. The van der Waals surface area contributed by atoms with E-state index in [1.54, 1.807) is 0 Å². The molecule has 1 atom stereocenters. The zero-order valence-electron chi connectivity index (χ0n) is 12.9. The molecule has 0 spiro atoms. The lowest BCUT2D eigenvalue weighted by molar-refractivity contribution is -0.0476. The topological polar surface area (TPSA) is 33.0 Å². The molecule has 2 heteroatoms. The first-order chi connectivity index (χ1) is 10.6. The van der Waals surface area contributed by atoms with E-state index in [4.69, 9.17) is 10.00 Å². The molecule has 0 fully saturated rings. The maximum absolute atomic E-state index is 8.92. The Kier molecular flexibility index (Phi) is 3.83. The van der Waals surface area contributed by atoms with Crippen LogP contribution in [0.15, 0.2) is 60.7 Å². The van der Waals surface area contributed by atoms with Gasteiger partial charge in [-0.05, 0) is 48.8 Å². The Morgan fingerprint density at radius 3 is 2.36 bits per heavy atom. The maximum Gasteiger partial charge on any atom is 0.0991 e. The molecule has 0 bridgehead atoms. The van der Waals surface area contributed by atoms with E-state index in [1.807, 2.05) is 30.3 Å². The third-order valence-electron chi connectivity index (χ3n) is 3.93. The van der Waals surface area contributed by atoms with Crippen LogP contribution < -0.4 is 0 Å². The van der Waals surface area contributed by atoms with Crippen molar-refractivity contribution in [1.82, 2.24) is 0 Å². The van der Waals surface area contributed by atoms with Crippen LogP contribution in [0.4, 0.5) is 0 Å². The molecule has 1 heterocycles. The summed E-state index contributed by atoms with van der Waals surface area (Å²) in [6, 6.07) is 20.3. The van der Waals surface area contributed by atoms with Crippen LogP contribution in [0.2, 0.25) is 0 Å². The summed E-state index contributed by atoms with van der Waals surface area (Å²) in [5, 5.41) is 8.92. The van der Waals surface area contributed by atoms with Crippen LogP contribution in [0.1, 0.15) is 43.1 Å². The van der Waals surface area contributed by atoms with Crippen molar-refractivity contribution >= 4 is 5.57 Å². The maximum atomic E-state index is 8.92. The number of nitriles is 1. The molecule has 3 rings (SSSR count). The molecule has 2 nitrogen and oxygen atoms in total. The van der Waals surface area contributed by atoms with Crippen LogP contribution in [-0.4, -0.2) is 5.60 Å². The average Bonchev–Trinajstić information content (AvgIpc) is 2.54. The summed E-state index contributed by atoms with van der Waals surface area (Å²) >= 11 is 0. The van der Waals surface area contributed by atoms with E-state index in [0.717, 1.165) is 12.0 Å². The fraction of sp³-hybridized carbons (Fsp3) is 0.250. The predicted molar refractivity (Wildman–Crippen MR) is 88.1 cm³/mol. The Bertz CT molecular complexity index is 721. The highest BCUT2D eigenvalue weighted by atomic mass is 16.5. The van der Waals surface area contributed by atoms with Gasteiger partial charge in [0.15, 0.2) is 0 Å². The van der Waals surface area contributed by atoms with Gasteiger partial charge in [0.05, 0.1) is 23.3 Å². The van der Waals surface area contributed by atoms with Gasteiger partial charge in [-0.3, -0.25) is 0 Å². The molecular weight excluding hydrogens is 270 g/mol. The molecule has 22 heavy (non-hydrogen) atoms. The minimum absolute atomic E-state index is 0.0166. The average molecular weight is 289 g/mol. The molecule has 1 unspecified atom stereocenters. The van der Waals surface area contributed by atoms with E-state index in [9.17, 15) is 0 Å². The molecule has 2 aromatic rings. The monoisotopic (exact) mass is 289 g/mol. The second-order valence-electron chi connectivity index (χ2n) is 6.18. The van der Waals surface area contributed by atoms with Crippen LogP contribution in [0.25, 0.3) is 5.57 Å². The zero-order chi connectivity index (χ0) is 15.6. The summed E-state index contributed by atoms with van der Waals surface area (Å²) in [6.45, 7) is 4.18. The van der Waals surface area contributed by atoms with Gasteiger partial charge in [-0.1, -0.05) is 42.5 Å². The van der Waals surface area contributed by atoms with E-state index in [-0.39, 0.29) is 11.7 Å². The van der Waals surface area contributed by atoms with Gasteiger partial charge in [-0.2, -0.15) is 5.26 Å². The highest BCUT2D eigenvalue weighted by Gasteiger charge is 2.29. The van der Waals surface area contributed by atoms with Crippen molar-refractivity contribution in [2.24, 2.45) is 0 Å². The predicted octanol–water partition coefficient (Wildman–Crippen LogP) is 4.88. The van der Waals surface area contributed by atoms with Gasteiger partial charge in [0.25, 0.3) is 0 Å². The molecule has 0 N–H and O–H groups in total. The van der Waals surface area contributed by atoms with E-state index in [1.165, 1.54) is 11.1 Å². The van der Waals surface area contributed by atoms with Crippen molar-refractivity contribution in [3.8, 4) is 6.07 Å². The van der Waals surface area contributed by atoms with E-state index in [2.05, 4.69) is 50.3 Å². The largest absolute Gasteiger partial charge is 0.363 e. The second-order valence-corrected chi connectivity index (χ2v) is 6.18. The summed E-state index contributed by atoms with van der Waals surface area (Å²) in [7, 11) is 0. The molecule has 0 radical (unpaired) electrons. The molecule has 0 aliphatic carbocycles. The van der Waals surface area contributed by atoms with E-state index < -0.39 is 0 Å². The first-order valence-corrected chi connectivity index (χ1v) is 7.52. The first-order valence-electron chi connectivity index (χ1n) is 7.52. The van der Waals surface area contributed by atoms with Crippen molar-refractivity contribution in [2.75, 3.05) is 0 Å². The molecule has 0 saturated carbocycles. The van der Waals surface area contributed by atoms with Crippen LogP contribution in [-0.2, 0) is 4.74 Å². The van der Waals surface area contributed by atoms with Gasteiger partial charge in [0.2, 0.25) is 0 Å². The molecule has 0 amide bonds. The normalized spacial score (nSPS) is 20.0. The van der Waals surface area contributed by atoms with Crippen molar-refractivity contribution in [1.29, 1.82) is 5.26 Å². The van der Waals surface area contributed by atoms with Gasteiger partial charge in [-0.15, -0.1) is 0 Å². The fourth-order valence-corrected chi connectivity index (χ4v) is 2.93. The number of hydrogen-bond donors (Lipinski definition) is 0. The number of nitrogens with zero attached hydrogens (tertiary/aromatic N) is 1. The third kappa shape index (κ3) is 3.10. The summed E-state index contributed by atoms with van der Waals surface area (Å²) in [5.41, 5.74) is 4.05. The van der Waals surface area contributed by atoms with Crippen molar-refractivity contribution < 1.29 is 4.74 Å². The summed E-state index contributed by atoms with van der Waals surface area (Å²) in [5.74, 6) is 0. The SMILES string of the molecule is CC1(C)C=C(c2ccccc2)CC(c2ccc(C#N)cc2)O1. The minimum Gasteiger partial charge on any atom is -0.363 e. The van der Waals surface area contributed by atoms with Crippen molar-refractivity contribution in [2.45, 2.75) is 32.0 Å². The second kappa shape index (κ2) is 5.79. The molecule has 0 aromatic heterocycles. The number of hydrogen-bond acceptors (Lipinski definition) is 2. The Hall–Kier alpha value is -2.37. The molecule has 2 aromatic carbocycles. The Labute approximate surface area is 131 Å². The Morgan fingerprint density at radius 1 is 1.05 bits per heavy atom. The summed E-state index contributed by atoms with van der Waals surface area (Å²) in [4.78, 5) is 0. The minimum atomic E-state index is -0.304. The lowest BCUT2D eigenvalue weighted by atomic mass is 9.88. The smallest absolute Gasteiger partial charge is 0.0991 e. The Balaban J connectivity index is 1.92. The van der Waals surface area contributed by atoms with Crippen LogP contribution in [0, 0.1) is 11.3 Å². The standard InChI is InChI=1S/C20H19NO/c1-20(2)13-18(16-6-4-3-5-7-16)12-19(22-20)17-10-8-15(14-21)9-11-17/h3-11,13,19H,12H2,1-2H3. The molecule has 1 aliphatic rings. The van der Waals surface area contributed by atoms with Gasteiger partial charge in [0.1, 0.15) is 0 Å². The quantitative estimate of drug-likeness (QED) is 0.789. The summed E-state index contributed by atoms with van der Waals surface area (Å²) in [6.07, 6.45) is 3.07. The van der Waals surface area contributed by atoms with Gasteiger partial charge in [0, 0.05) is 6.42 Å². The lowest BCUT2D eigenvalue weighted by Gasteiger charge is -2.35.